The van der Waals surface area contributed by atoms with E-state index in [-0.39, 0.29) is 23.1 Å². The summed E-state index contributed by atoms with van der Waals surface area (Å²) >= 11 is 0. The van der Waals surface area contributed by atoms with Crippen LogP contribution in [0.2, 0.25) is 0 Å². The molecule has 1 amide bonds. The number of halogens is 1. The van der Waals surface area contributed by atoms with E-state index in [1.54, 1.807) is 24.4 Å². The predicted octanol–water partition coefficient (Wildman–Crippen LogP) is 3.28. The Morgan fingerprint density at radius 1 is 1.15 bits per heavy atom. The van der Waals surface area contributed by atoms with Gasteiger partial charge in [0.05, 0.1) is 52.8 Å². The van der Waals surface area contributed by atoms with Gasteiger partial charge in [0.15, 0.2) is 9.84 Å². The van der Waals surface area contributed by atoms with Crippen LogP contribution in [0.15, 0.2) is 65.7 Å². The average molecular weight is 561 g/mol. The fourth-order valence-corrected chi connectivity index (χ4v) is 5.24. The van der Waals surface area contributed by atoms with Crippen molar-refractivity contribution in [3.8, 4) is 17.5 Å². The van der Waals surface area contributed by atoms with E-state index in [1.165, 1.54) is 36.4 Å². The Labute approximate surface area is 230 Å². The molecule has 4 aromatic rings. The minimum atomic E-state index is -3.71. The molecule has 1 fully saturated rings. The van der Waals surface area contributed by atoms with Crippen molar-refractivity contribution in [1.82, 2.24) is 20.3 Å². The zero-order chi connectivity index (χ0) is 28.3. The number of sulfone groups is 1. The smallest absolute Gasteiger partial charge is 0.251 e. The number of carbonyl (C=O) groups excluding carboxylic acids is 1. The largest absolute Gasteiger partial charge is 0.375 e. The first-order valence-corrected chi connectivity index (χ1v) is 14.2. The number of rotatable bonds is 7. The lowest BCUT2D eigenvalue weighted by Crippen LogP contribution is -2.41. The maximum absolute atomic E-state index is 14.6. The van der Waals surface area contributed by atoms with Gasteiger partial charge in [-0.05, 0) is 49.4 Å². The minimum absolute atomic E-state index is 0.0249. The lowest BCUT2D eigenvalue weighted by atomic mass is 10.1. The van der Waals surface area contributed by atoms with Gasteiger partial charge in [0.25, 0.3) is 5.91 Å². The van der Waals surface area contributed by atoms with Crippen LogP contribution in [0.4, 0.5) is 10.2 Å². The summed E-state index contributed by atoms with van der Waals surface area (Å²) in [6.45, 7) is 3.85. The third kappa shape index (κ3) is 6.06. The van der Waals surface area contributed by atoms with Gasteiger partial charge >= 0.3 is 0 Å². The summed E-state index contributed by atoms with van der Waals surface area (Å²) in [6.07, 6.45) is 1.67. The molecule has 40 heavy (non-hydrogen) atoms. The van der Waals surface area contributed by atoms with Gasteiger partial charge in [-0.3, -0.25) is 9.78 Å². The van der Waals surface area contributed by atoms with Gasteiger partial charge in [-0.15, -0.1) is 0 Å². The number of anilines is 1. The molecule has 10 nitrogen and oxygen atoms in total. The Morgan fingerprint density at radius 3 is 2.70 bits per heavy atom. The molecule has 0 unspecified atom stereocenters. The van der Waals surface area contributed by atoms with E-state index >= 15 is 0 Å². The Morgan fingerprint density at radius 2 is 1.95 bits per heavy atom. The molecule has 0 saturated carbocycles. The maximum atomic E-state index is 14.6. The molecule has 0 bridgehead atoms. The molecule has 204 valence electrons. The van der Waals surface area contributed by atoms with E-state index in [1.807, 2.05) is 17.9 Å². The first-order valence-electron chi connectivity index (χ1n) is 12.5. The maximum Gasteiger partial charge on any atom is 0.251 e. The van der Waals surface area contributed by atoms with E-state index < -0.39 is 27.3 Å². The molecular weight excluding hydrogens is 535 g/mol. The molecule has 0 spiro atoms. The highest BCUT2D eigenvalue weighted by molar-refractivity contribution is 7.91. The van der Waals surface area contributed by atoms with Crippen LogP contribution in [0.1, 0.15) is 23.0 Å². The number of ether oxygens (including phenoxy) is 1. The summed E-state index contributed by atoms with van der Waals surface area (Å²) in [4.78, 5) is 28.3. The summed E-state index contributed by atoms with van der Waals surface area (Å²) in [5, 5.41) is 12.2. The van der Waals surface area contributed by atoms with Gasteiger partial charge in [0.2, 0.25) is 0 Å². The molecular formula is C28H25FN6O4S. The molecule has 1 aliphatic heterocycles. The standard InChI is InChI=1S/C28H25FN6O4S/c1-18-17-35(9-10-39-18)27-13-21(29)12-26(34-27)24-7-4-20-15-31-22(14-25(20)33-24)16-32-28(36)19-2-5-23(6-3-19)40(37,38)11-8-30/h2-7,12-15,18H,9-11,16-17H2,1H3,(H,32,36)/t18-/m0/s1. The third-order valence-electron chi connectivity index (χ3n) is 6.39. The quantitative estimate of drug-likeness (QED) is 0.361. The molecule has 1 aliphatic rings. The van der Waals surface area contributed by atoms with E-state index in [0.717, 1.165) is 5.39 Å². The third-order valence-corrected chi connectivity index (χ3v) is 7.89. The first-order chi connectivity index (χ1) is 19.2. The monoisotopic (exact) mass is 560 g/mol. The molecule has 1 saturated heterocycles. The Bertz CT molecular complexity index is 1720. The molecule has 3 aromatic heterocycles. The van der Waals surface area contributed by atoms with Crippen molar-refractivity contribution in [2.45, 2.75) is 24.5 Å². The van der Waals surface area contributed by atoms with Crippen LogP contribution in [0.25, 0.3) is 22.3 Å². The van der Waals surface area contributed by atoms with Crippen molar-refractivity contribution in [3.63, 3.8) is 0 Å². The summed E-state index contributed by atoms with van der Waals surface area (Å²) in [5.41, 5.74) is 2.33. The number of carbonyl (C=O) groups is 1. The molecule has 1 aromatic carbocycles. The highest BCUT2D eigenvalue weighted by atomic mass is 32.2. The number of morpholine rings is 1. The fourth-order valence-electron chi connectivity index (χ4n) is 4.36. The highest BCUT2D eigenvalue weighted by Gasteiger charge is 2.20. The van der Waals surface area contributed by atoms with Crippen LogP contribution in [-0.2, 0) is 21.1 Å². The van der Waals surface area contributed by atoms with Crippen molar-refractivity contribution in [3.05, 3.63) is 77.9 Å². The van der Waals surface area contributed by atoms with Gasteiger partial charge in [0, 0.05) is 42.4 Å². The van der Waals surface area contributed by atoms with Gasteiger partial charge in [-0.2, -0.15) is 5.26 Å². The van der Waals surface area contributed by atoms with Crippen molar-refractivity contribution >= 4 is 32.5 Å². The summed E-state index contributed by atoms with van der Waals surface area (Å²) in [5.74, 6) is -0.927. The zero-order valence-corrected chi connectivity index (χ0v) is 22.4. The average Bonchev–Trinajstić information content (AvgIpc) is 2.95. The van der Waals surface area contributed by atoms with Crippen LogP contribution in [-0.4, -0.2) is 60.8 Å². The lowest BCUT2D eigenvalue weighted by molar-refractivity contribution is 0.0529. The van der Waals surface area contributed by atoms with Gasteiger partial charge in [-0.1, -0.05) is 0 Å². The fraction of sp³-hybridized carbons (Fsp3) is 0.250. The van der Waals surface area contributed by atoms with Crippen molar-refractivity contribution in [1.29, 1.82) is 5.26 Å². The summed E-state index contributed by atoms with van der Waals surface area (Å²) < 4.78 is 44.1. The van der Waals surface area contributed by atoms with Gasteiger partial charge in [-0.25, -0.2) is 22.8 Å². The number of pyridine rings is 3. The topological polar surface area (TPSA) is 138 Å². The van der Waals surface area contributed by atoms with Crippen molar-refractivity contribution < 1.29 is 22.3 Å². The number of nitrogens with one attached hydrogen (secondary N) is 1. The zero-order valence-electron chi connectivity index (χ0n) is 21.5. The number of nitrogens with zero attached hydrogens (tertiary/aromatic N) is 5. The highest BCUT2D eigenvalue weighted by Crippen LogP contribution is 2.25. The number of nitriles is 1. The molecule has 4 heterocycles. The Kier molecular flexibility index (Phi) is 7.68. The van der Waals surface area contributed by atoms with E-state index in [9.17, 15) is 17.6 Å². The first kappa shape index (κ1) is 27.1. The van der Waals surface area contributed by atoms with Crippen LogP contribution in [0.3, 0.4) is 0 Å². The van der Waals surface area contributed by atoms with Crippen LogP contribution in [0.5, 0.6) is 0 Å². The number of amides is 1. The Balaban J connectivity index is 1.32. The SMILES string of the molecule is C[C@H]1CN(c2cc(F)cc(-c3ccc4cnc(CNC(=O)c5ccc(S(=O)(=O)CC#N)cc5)cc4n3)n2)CCO1. The summed E-state index contributed by atoms with van der Waals surface area (Å²) in [7, 11) is -3.71. The summed E-state index contributed by atoms with van der Waals surface area (Å²) in [6, 6.07) is 15.1. The normalized spacial score (nSPS) is 15.5. The molecule has 0 aliphatic carbocycles. The second-order valence-electron chi connectivity index (χ2n) is 9.35. The molecule has 12 heteroatoms. The predicted molar refractivity (Wildman–Crippen MR) is 146 cm³/mol. The lowest BCUT2D eigenvalue weighted by Gasteiger charge is -2.32. The minimum Gasteiger partial charge on any atom is -0.375 e. The van der Waals surface area contributed by atoms with Gasteiger partial charge < -0.3 is 15.0 Å². The second kappa shape index (κ2) is 11.3. The molecule has 1 atom stereocenters. The number of benzene rings is 1. The van der Waals surface area contributed by atoms with E-state index in [0.29, 0.717) is 48.1 Å². The van der Waals surface area contributed by atoms with Crippen molar-refractivity contribution in [2.75, 3.05) is 30.3 Å². The number of hydrogen-bond acceptors (Lipinski definition) is 9. The second-order valence-corrected chi connectivity index (χ2v) is 11.3. The number of hydrogen-bond donors (Lipinski definition) is 1. The molecule has 1 N–H and O–H groups in total. The van der Waals surface area contributed by atoms with Gasteiger partial charge in [0.1, 0.15) is 17.4 Å². The van der Waals surface area contributed by atoms with Crippen LogP contribution in [0, 0.1) is 17.1 Å². The van der Waals surface area contributed by atoms with Crippen LogP contribution >= 0.6 is 0 Å². The molecule has 5 rings (SSSR count). The van der Waals surface area contributed by atoms with Crippen molar-refractivity contribution in [2.24, 2.45) is 0 Å². The Hall–Kier alpha value is -4.47. The van der Waals surface area contributed by atoms with Crippen LogP contribution < -0.4 is 10.2 Å². The molecule has 0 radical (unpaired) electrons. The van der Waals surface area contributed by atoms with E-state index in [2.05, 4.69) is 20.3 Å². The van der Waals surface area contributed by atoms with E-state index in [4.69, 9.17) is 10.00 Å². The number of aromatic nitrogens is 3. The number of fused-ring (bicyclic) bond motifs is 1.